The molecule has 1 aromatic carbocycles. The second-order valence-corrected chi connectivity index (χ2v) is 4.99. The van der Waals surface area contributed by atoms with Crippen molar-refractivity contribution in [2.45, 2.75) is 25.4 Å². The highest BCUT2D eigenvalue weighted by Crippen LogP contribution is 2.30. The molecule has 0 saturated carbocycles. The molecule has 2 unspecified atom stereocenters. The minimum absolute atomic E-state index is 0.249. The van der Waals surface area contributed by atoms with Crippen molar-refractivity contribution in [3.05, 3.63) is 35.6 Å². The van der Waals surface area contributed by atoms with Gasteiger partial charge in [-0.3, -0.25) is 0 Å². The molecule has 0 bridgehead atoms. The molecule has 1 N–H and O–H groups in total. The summed E-state index contributed by atoms with van der Waals surface area (Å²) in [7, 11) is 2.12. The Hall–Kier alpha value is -0.930. The van der Waals surface area contributed by atoms with Crippen LogP contribution in [0.3, 0.4) is 0 Å². The molecule has 1 aliphatic rings. The fourth-order valence-corrected chi connectivity index (χ4v) is 2.51. The van der Waals surface area contributed by atoms with Gasteiger partial charge in [0.15, 0.2) is 0 Å². The maximum atomic E-state index is 12.8. The molecule has 2 rings (SSSR count). The van der Waals surface area contributed by atoms with E-state index < -0.39 is 6.10 Å². The molecule has 0 aliphatic carbocycles. The molecule has 3 heteroatoms. The first-order valence-electron chi connectivity index (χ1n) is 6.29. The lowest BCUT2D eigenvalue weighted by Crippen LogP contribution is -2.20. The summed E-state index contributed by atoms with van der Waals surface area (Å²) in [5.41, 5.74) is 0.834. The highest BCUT2D eigenvalue weighted by Gasteiger charge is 2.23. The molecule has 1 aliphatic heterocycles. The lowest BCUT2D eigenvalue weighted by molar-refractivity contribution is 0.0990. The van der Waals surface area contributed by atoms with E-state index in [2.05, 4.69) is 11.9 Å². The predicted molar refractivity (Wildman–Crippen MR) is 66.2 cm³/mol. The second kappa shape index (κ2) is 5.61. The van der Waals surface area contributed by atoms with Gasteiger partial charge in [-0.15, -0.1) is 0 Å². The van der Waals surface area contributed by atoms with E-state index in [1.807, 2.05) is 0 Å². The molecule has 1 heterocycles. The molecule has 1 saturated heterocycles. The number of benzene rings is 1. The van der Waals surface area contributed by atoms with Crippen molar-refractivity contribution in [1.29, 1.82) is 0 Å². The van der Waals surface area contributed by atoms with Gasteiger partial charge in [0.1, 0.15) is 5.82 Å². The van der Waals surface area contributed by atoms with Gasteiger partial charge in [0.25, 0.3) is 0 Å². The van der Waals surface area contributed by atoms with Gasteiger partial charge in [-0.25, -0.2) is 4.39 Å². The average Bonchev–Trinajstić information content (AvgIpc) is 2.54. The molecule has 2 nitrogen and oxygen atoms in total. The van der Waals surface area contributed by atoms with Crippen LogP contribution in [-0.2, 0) is 0 Å². The topological polar surface area (TPSA) is 23.5 Å². The summed E-state index contributed by atoms with van der Waals surface area (Å²) in [6.07, 6.45) is 2.72. The van der Waals surface area contributed by atoms with Crippen molar-refractivity contribution < 1.29 is 9.50 Å². The van der Waals surface area contributed by atoms with Crippen molar-refractivity contribution in [1.82, 2.24) is 4.90 Å². The summed E-state index contributed by atoms with van der Waals surface area (Å²) in [6.45, 7) is 2.13. The van der Waals surface area contributed by atoms with Crippen LogP contribution in [0, 0.1) is 11.7 Å². The molecule has 0 spiro atoms. The Morgan fingerprint density at radius 3 is 2.65 bits per heavy atom. The summed E-state index contributed by atoms with van der Waals surface area (Å²) in [5, 5.41) is 10.3. The quantitative estimate of drug-likeness (QED) is 0.854. The second-order valence-electron chi connectivity index (χ2n) is 4.99. The number of likely N-dealkylation sites (tertiary alicyclic amines) is 1. The number of hydrogen-bond donors (Lipinski definition) is 1. The first-order chi connectivity index (χ1) is 8.16. The number of halogens is 1. The molecule has 1 aromatic rings. The predicted octanol–water partition coefficient (Wildman–Crippen LogP) is 2.59. The summed E-state index contributed by atoms with van der Waals surface area (Å²) in [6, 6.07) is 6.21. The molecule has 1 fully saturated rings. The van der Waals surface area contributed by atoms with Crippen LogP contribution in [0.1, 0.15) is 30.9 Å². The van der Waals surface area contributed by atoms with Crippen LogP contribution >= 0.6 is 0 Å². The Morgan fingerprint density at radius 2 is 1.94 bits per heavy atom. The Kier molecular flexibility index (Phi) is 4.13. The average molecular weight is 237 g/mol. The van der Waals surface area contributed by atoms with Crippen molar-refractivity contribution in [2.24, 2.45) is 5.92 Å². The van der Waals surface area contributed by atoms with Crippen molar-refractivity contribution >= 4 is 0 Å². The normalized spacial score (nSPS) is 24.3. The van der Waals surface area contributed by atoms with E-state index in [4.69, 9.17) is 0 Å². The number of aliphatic hydroxyl groups excluding tert-OH is 1. The minimum Gasteiger partial charge on any atom is -0.388 e. The standard InChI is InChI=1S/C14H20FNO/c1-16-9-2-3-11(8-10-16)14(17)12-4-6-13(15)7-5-12/h4-7,11,14,17H,2-3,8-10H2,1H3. The molecule has 2 atom stereocenters. The number of aliphatic hydroxyl groups is 1. The van der Waals surface area contributed by atoms with Crippen LogP contribution in [0.15, 0.2) is 24.3 Å². The summed E-state index contributed by atoms with van der Waals surface area (Å²) < 4.78 is 12.8. The molecule has 0 aromatic heterocycles. The zero-order chi connectivity index (χ0) is 12.3. The van der Waals surface area contributed by atoms with E-state index >= 15 is 0 Å². The van der Waals surface area contributed by atoms with E-state index in [1.54, 1.807) is 12.1 Å². The smallest absolute Gasteiger partial charge is 0.123 e. The van der Waals surface area contributed by atoms with Crippen LogP contribution in [0.5, 0.6) is 0 Å². The number of nitrogens with zero attached hydrogens (tertiary/aromatic N) is 1. The molecular formula is C14H20FNO. The third kappa shape index (κ3) is 3.27. The molecule has 17 heavy (non-hydrogen) atoms. The zero-order valence-electron chi connectivity index (χ0n) is 10.3. The summed E-state index contributed by atoms with van der Waals surface area (Å²) in [5.74, 6) is 0.0481. The fraction of sp³-hybridized carbons (Fsp3) is 0.571. The molecular weight excluding hydrogens is 217 g/mol. The van der Waals surface area contributed by atoms with E-state index in [0.29, 0.717) is 5.92 Å². The van der Waals surface area contributed by atoms with Crippen LogP contribution in [0.2, 0.25) is 0 Å². The Balaban J connectivity index is 2.03. The lowest BCUT2D eigenvalue weighted by Gasteiger charge is -2.21. The Labute approximate surface area is 102 Å². The van der Waals surface area contributed by atoms with Crippen molar-refractivity contribution in [3.63, 3.8) is 0 Å². The van der Waals surface area contributed by atoms with E-state index in [1.165, 1.54) is 12.1 Å². The van der Waals surface area contributed by atoms with Gasteiger partial charge in [-0.05, 0) is 63.0 Å². The Morgan fingerprint density at radius 1 is 1.24 bits per heavy atom. The summed E-state index contributed by atoms with van der Waals surface area (Å²) >= 11 is 0. The van der Waals surface area contributed by atoms with Gasteiger partial charge in [0.2, 0.25) is 0 Å². The van der Waals surface area contributed by atoms with Crippen LogP contribution in [0.25, 0.3) is 0 Å². The van der Waals surface area contributed by atoms with Gasteiger partial charge in [0, 0.05) is 0 Å². The van der Waals surface area contributed by atoms with Gasteiger partial charge in [-0.1, -0.05) is 12.1 Å². The van der Waals surface area contributed by atoms with Crippen molar-refractivity contribution in [3.8, 4) is 0 Å². The van der Waals surface area contributed by atoms with E-state index in [9.17, 15) is 9.50 Å². The zero-order valence-corrected chi connectivity index (χ0v) is 10.3. The number of rotatable bonds is 2. The Bertz CT molecular complexity index is 352. The monoisotopic (exact) mass is 237 g/mol. The van der Waals surface area contributed by atoms with Gasteiger partial charge in [-0.2, -0.15) is 0 Å². The maximum Gasteiger partial charge on any atom is 0.123 e. The number of hydrogen-bond acceptors (Lipinski definition) is 2. The van der Waals surface area contributed by atoms with Crippen LogP contribution in [0.4, 0.5) is 4.39 Å². The molecule has 0 radical (unpaired) electrons. The van der Waals surface area contributed by atoms with Crippen molar-refractivity contribution in [2.75, 3.05) is 20.1 Å². The first kappa shape index (κ1) is 12.5. The lowest BCUT2D eigenvalue weighted by atomic mass is 9.90. The van der Waals surface area contributed by atoms with E-state index in [-0.39, 0.29) is 5.82 Å². The highest BCUT2D eigenvalue weighted by molar-refractivity contribution is 5.19. The van der Waals surface area contributed by atoms with Crippen LogP contribution < -0.4 is 0 Å². The SMILES string of the molecule is CN1CCCC(C(O)c2ccc(F)cc2)CC1. The first-order valence-corrected chi connectivity index (χ1v) is 6.29. The fourth-order valence-electron chi connectivity index (χ4n) is 2.51. The van der Waals surface area contributed by atoms with Gasteiger partial charge in [0.05, 0.1) is 6.10 Å². The minimum atomic E-state index is -0.456. The van der Waals surface area contributed by atoms with Gasteiger partial charge < -0.3 is 10.0 Å². The molecule has 0 amide bonds. The largest absolute Gasteiger partial charge is 0.388 e. The molecule has 94 valence electrons. The third-order valence-corrected chi connectivity index (χ3v) is 3.65. The summed E-state index contributed by atoms with van der Waals surface area (Å²) in [4.78, 5) is 2.30. The van der Waals surface area contributed by atoms with E-state index in [0.717, 1.165) is 37.9 Å². The highest BCUT2D eigenvalue weighted by atomic mass is 19.1. The third-order valence-electron chi connectivity index (χ3n) is 3.65. The van der Waals surface area contributed by atoms with Crippen LogP contribution in [-0.4, -0.2) is 30.1 Å². The maximum absolute atomic E-state index is 12.8. The van der Waals surface area contributed by atoms with Gasteiger partial charge >= 0.3 is 0 Å².